The van der Waals surface area contributed by atoms with Gasteiger partial charge in [-0.1, -0.05) is 11.6 Å². The van der Waals surface area contributed by atoms with Crippen LogP contribution in [0, 0.1) is 6.92 Å². The molecule has 1 unspecified atom stereocenters. The Morgan fingerprint density at radius 3 is 2.76 bits per heavy atom. The molecule has 0 aliphatic carbocycles. The maximum atomic E-state index is 6.27. The van der Waals surface area contributed by atoms with E-state index in [2.05, 4.69) is 19.5 Å². The van der Waals surface area contributed by atoms with Crippen molar-refractivity contribution in [3.8, 4) is 0 Å². The molecule has 108 valence electrons. The third-order valence-corrected chi connectivity index (χ3v) is 3.68. The van der Waals surface area contributed by atoms with Gasteiger partial charge < -0.3 is 4.57 Å². The molecule has 0 aliphatic rings. The predicted octanol–water partition coefficient (Wildman–Crippen LogP) is 4.14. The van der Waals surface area contributed by atoms with Gasteiger partial charge in [0.15, 0.2) is 0 Å². The van der Waals surface area contributed by atoms with Crippen molar-refractivity contribution in [1.82, 2.24) is 19.5 Å². The maximum Gasteiger partial charge on any atom is 0.128 e. The standard InChI is InChI=1S/C15H14Cl2N4/c1-9(16)15-20-13-4-3-11(17)7-14(13)21(15)8-12-5-6-18-10(2)19-12/h3-7,9H,8H2,1-2H3. The van der Waals surface area contributed by atoms with Crippen molar-refractivity contribution >= 4 is 34.2 Å². The van der Waals surface area contributed by atoms with Gasteiger partial charge in [0.1, 0.15) is 11.6 Å². The average Bonchev–Trinajstić information content (AvgIpc) is 2.77. The van der Waals surface area contributed by atoms with Crippen LogP contribution >= 0.6 is 23.2 Å². The highest BCUT2D eigenvalue weighted by atomic mass is 35.5. The third kappa shape index (κ3) is 2.87. The van der Waals surface area contributed by atoms with Gasteiger partial charge in [0.2, 0.25) is 0 Å². The molecule has 0 fully saturated rings. The second kappa shape index (κ2) is 5.62. The maximum absolute atomic E-state index is 6.27. The molecule has 0 spiro atoms. The van der Waals surface area contributed by atoms with E-state index >= 15 is 0 Å². The number of fused-ring (bicyclic) bond motifs is 1. The van der Waals surface area contributed by atoms with E-state index in [1.165, 1.54) is 0 Å². The Kier molecular flexibility index (Phi) is 3.83. The number of rotatable bonds is 3. The molecule has 1 aromatic carbocycles. The van der Waals surface area contributed by atoms with Gasteiger partial charge in [-0.05, 0) is 38.1 Å². The van der Waals surface area contributed by atoms with Crippen LogP contribution in [0.3, 0.4) is 0 Å². The summed E-state index contributed by atoms with van der Waals surface area (Å²) in [4.78, 5) is 13.2. The summed E-state index contributed by atoms with van der Waals surface area (Å²) in [6.45, 7) is 4.37. The van der Waals surface area contributed by atoms with Crippen LogP contribution in [-0.2, 0) is 6.54 Å². The Morgan fingerprint density at radius 1 is 1.24 bits per heavy atom. The fourth-order valence-electron chi connectivity index (χ4n) is 2.34. The van der Waals surface area contributed by atoms with Crippen molar-refractivity contribution in [1.29, 1.82) is 0 Å². The van der Waals surface area contributed by atoms with E-state index in [0.717, 1.165) is 28.4 Å². The Hall–Kier alpha value is -1.65. The minimum absolute atomic E-state index is 0.195. The van der Waals surface area contributed by atoms with Gasteiger partial charge in [-0.3, -0.25) is 0 Å². The predicted molar refractivity (Wildman–Crippen MR) is 84.9 cm³/mol. The highest BCUT2D eigenvalue weighted by Crippen LogP contribution is 2.27. The number of alkyl halides is 1. The first kappa shape index (κ1) is 14.3. The van der Waals surface area contributed by atoms with Crippen molar-refractivity contribution in [3.05, 3.63) is 52.8 Å². The molecule has 0 aliphatic heterocycles. The molecule has 0 radical (unpaired) electrons. The Bertz CT molecular complexity index is 795. The van der Waals surface area contributed by atoms with Crippen LogP contribution in [-0.4, -0.2) is 19.5 Å². The first-order valence-electron chi connectivity index (χ1n) is 6.63. The molecule has 0 saturated heterocycles. The first-order chi connectivity index (χ1) is 10.0. The molecular formula is C15H14Cl2N4. The molecule has 2 heterocycles. The molecule has 4 nitrogen and oxygen atoms in total. The fraction of sp³-hybridized carbons (Fsp3) is 0.267. The number of hydrogen-bond acceptors (Lipinski definition) is 3. The normalized spacial score (nSPS) is 12.8. The van der Waals surface area contributed by atoms with Crippen LogP contribution in [0.25, 0.3) is 11.0 Å². The van der Waals surface area contributed by atoms with Gasteiger partial charge in [0.25, 0.3) is 0 Å². The van der Waals surface area contributed by atoms with Crippen molar-refractivity contribution < 1.29 is 0 Å². The summed E-state index contributed by atoms with van der Waals surface area (Å²) in [7, 11) is 0. The van der Waals surface area contributed by atoms with E-state index in [1.807, 2.05) is 38.1 Å². The van der Waals surface area contributed by atoms with E-state index in [9.17, 15) is 0 Å². The van der Waals surface area contributed by atoms with Crippen molar-refractivity contribution in [2.24, 2.45) is 0 Å². The summed E-state index contributed by atoms with van der Waals surface area (Å²) in [5.74, 6) is 1.56. The zero-order chi connectivity index (χ0) is 15.0. The average molecular weight is 321 g/mol. The largest absolute Gasteiger partial charge is 0.321 e. The molecule has 0 N–H and O–H groups in total. The van der Waals surface area contributed by atoms with Crippen LogP contribution in [0.5, 0.6) is 0 Å². The monoisotopic (exact) mass is 320 g/mol. The summed E-state index contributed by atoms with van der Waals surface area (Å²) in [6, 6.07) is 7.54. The second-order valence-electron chi connectivity index (χ2n) is 4.90. The summed E-state index contributed by atoms with van der Waals surface area (Å²) >= 11 is 12.4. The quantitative estimate of drug-likeness (QED) is 0.681. The molecule has 0 bridgehead atoms. The van der Waals surface area contributed by atoms with Crippen LogP contribution in [0.1, 0.15) is 29.6 Å². The van der Waals surface area contributed by atoms with E-state index in [-0.39, 0.29) is 5.38 Å². The van der Waals surface area contributed by atoms with Gasteiger partial charge in [-0.15, -0.1) is 11.6 Å². The Balaban J connectivity index is 2.14. The van der Waals surface area contributed by atoms with Crippen LogP contribution < -0.4 is 0 Å². The molecule has 3 rings (SSSR count). The number of hydrogen-bond donors (Lipinski definition) is 0. The van der Waals surface area contributed by atoms with Crippen LogP contribution in [0.2, 0.25) is 5.02 Å². The lowest BCUT2D eigenvalue weighted by Crippen LogP contribution is -2.08. The summed E-state index contributed by atoms with van der Waals surface area (Å²) in [5.41, 5.74) is 2.76. The van der Waals surface area contributed by atoms with Crippen LogP contribution in [0.15, 0.2) is 30.5 Å². The van der Waals surface area contributed by atoms with E-state index in [0.29, 0.717) is 11.6 Å². The smallest absolute Gasteiger partial charge is 0.128 e. The summed E-state index contributed by atoms with van der Waals surface area (Å²) < 4.78 is 2.06. The Morgan fingerprint density at radius 2 is 2.05 bits per heavy atom. The molecule has 3 aromatic rings. The first-order valence-corrected chi connectivity index (χ1v) is 7.44. The molecular weight excluding hydrogens is 307 g/mol. The van der Waals surface area contributed by atoms with Gasteiger partial charge >= 0.3 is 0 Å². The minimum atomic E-state index is -0.195. The number of imidazole rings is 1. The van der Waals surface area contributed by atoms with Gasteiger partial charge in [0, 0.05) is 11.2 Å². The van der Waals surface area contributed by atoms with Gasteiger partial charge in [0.05, 0.1) is 28.6 Å². The number of benzene rings is 1. The topological polar surface area (TPSA) is 43.6 Å². The van der Waals surface area contributed by atoms with E-state index in [1.54, 1.807) is 6.20 Å². The zero-order valence-corrected chi connectivity index (χ0v) is 13.2. The highest BCUT2D eigenvalue weighted by molar-refractivity contribution is 6.31. The fourth-order valence-corrected chi connectivity index (χ4v) is 2.67. The molecule has 2 aromatic heterocycles. The Labute approximate surface area is 132 Å². The molecule has 0 amide bonds. The number of nitrogens with zero attached hydrogens (tertiary/aromatic N) is 4. The molecule has 21 heavy (non-hydrogen) atoms. The van der Waals surface area contributed by atoms with Gasteiger partial charge in [-0.2, -0.15) is 0 Å². The van der Waals surface area contributed by atoms with Crippen molar-refractivity contribution in [3.63, 3.8) is 0 Å². The molecule has 6 heteroatoms. The summed E-state index contributed by atoms with van der Waals surface area (Å²) in [5, 5.41) is 0.482. The molecule has 1 atom stereocenters. The lowest BCUT2D eigenvalue weighted by atomic mass is 10.3. The second-order valence-corrected chi connectivity index (χ2v) is 5.99. The van der Waals surface area contributed by atoms with Crippen LogP contribution in [0.4, 0.5) is 0 Å². The SMILES string of the molecule is Cc1nccc(Cn2c(C(C)Cl)nc3ccc(Cl)cc32)n1. The van der Waals surface area contributed by atoms with Gasteiger partial charge in [-0.25, -0.2) is 15.0 Å². The number of halogens is 2. The number of aryl methyl sites for hydroxylation is 1. The van der Waals surface area contributed by atoms with E-state index < -0.39 is 0 Å². The lowest BCUT2D eigenvalue weighted by Gasteiger charge is -2.10. The van der Waals surface area contributed by atoms with E-state index in [4.69, 9.17) is 23.2 Å². The minimum Gasteiger partial charge on any atom is -0.321 e. The zero-order valence-electron chi connectivity index (χ0n) is 11.7. The van der Waals surface area contributed by atoms with Crippen molar-refractivity contribution in [2.75, 3.05) is 0 Å². The lowest BCUT2D eigenvalue weighted by molar-refractivity contribution is 0.721. The number of aromatic nitrogens is 4. The molecule has 0 saturated carbocycles. The summed E-state index contributed by atoms with van der Waals surface area (Å²) in [6.07, 6.45) is 1.76. The third-order valence-electron chi connectivity index (χ3n) is 3.25. The van der Waals surface area contributed by atoms with Crippen molar-refractivity contribution in [2.45, 2.75) is 25.8 Å². The highest BCUT2D eigenvalue weighted by Gasteiger charge is 2.16.